The molecule has 0 aromatic heterocycles. The topological polar surface area (TPSA) is 122 Å². The molecule has 1 fully saturated rings. The van der Waals surface area contributed by atoms with Crippen molar-refractivity contribution < 1.29 is 31.1 Å². The maximum atomic E-state index is 12.8. The molecule has 2 aliphatic heterocycles. The van der Waals surface area contributed by atoms with Gasteiger partial charge in [-0.25, -0.2) is 16.8 Å². The summed E-state index contributed by atoms with van der Waals surface area (Å²) in [7, 11) is -7.35. The Hall–Kier alpha value is -2.83. The van der Waals surface area contributed by atoms with Crippen LogP contribution in [-0.4, -0.2) is 59.7 Å². The lowest BCUT2D eigenvalue weighted by Crippen LogP contribution is -2.37. The van der Waals surface area contributed by atoms with Gasteiger partial charge in [0.25, 0.3) is 0 Å². The first kappa shape index (κ1) is 23.3. The standard InChI is InChI=1S/C21H25N3O7S2/c1-32(26,27)24(17-7-10-19-20(13-17)31-15-30-19)14-21(25)22-16-5-8-18(9-6-16)33(28,29)23-11-3-2-4-12-23/h5-10,13H,2-4,11-12,14-15H2,1H3,(H,22,25). The van der Waals surface area contributed by atoms with Crippen LogP contribution in [0.3, 0.4) is 0 Å². The quantitative estimate of drug-likeness (QED) is 0.623. The monoisotopic (exact) mass is 495 g/mol. The molecule has 2 aliphatic rings. The third-order valence-electron chi connectivity index (χ3n) is 5.42. The summed E-state index contributed by atoms with van der Waals surface area (Å²) in [6.45, 7) is 0.581. The highest BCUT2D eigenvalue weighted by atomic mass is 32.2. The zero-order valence-electron chi connectivity index (χ0n) is 18.1. The fourth-order valence-electron chi connectivity index (χ4n) is 3.74. The number of hydrogen-bond donors (Lipinski definition) is 1. The summed E-state index contributed by atoms with van der Waals surface area (Å²) in [5.41, 5.74) is 0.622. The fourth-order valence-corrected chi connectivity index (χ4v) is 6.10. The maximum absolute atomic E-state index is 12.8. The van der Waals surface area contributed by atoms with Gasteiger partial charge in [-0.3, -0.25) is 9.10 Å². The molecule has 0 saturated carbocycles. The summed E-state index contributed by atoms with van der Waals surface area (Å²) < 4.78 is 63.1. The van der Waals surface area contributed by atoms with Crippen molar-refractivity contribution in [3.05, 3.63) is 42.5 Å². The Bertz CT molecular complexity index is 1240. The van der Waals surface area contributed by atoms with Crippen molar-refractivity contribution in [1.29, 1.82) is 0 Å². The van der Waals surface area contributed by atoms with Crippen LogP contribution in [0, 0.1) is 0 Å². The zero-order valence-corrected chi connectivity index (χ0v) is 19.7. The third-order valence-corrected chi connectivity index (χ3v) is 8.48. The smallest absolute Gasteiger partial charge is 0.245 e. The third kappa shape index (κ3) is 5.23. The van der Waals surface area contributed by atoms with E-state index in [4.69, 9.17) is 9.47 Å². The van der Waals surface area contributed by atoms with Crippen molar-refractivity contribution in [1.82, 2.24) is 4.31 Å². The lowest BCUT2D eigenvalue weighted by atomic mass is 10.2. The van der Waals surface area contributed by atoms with Crippen LogP contribution in [0.2, 0.25) is 0 Å². The van der Waals surface area contributed by atoms with Crippen LogP contribution < -0.4 is 19.1 Å². The number of amides is 1. The molecule has 12 heteroatoms. The normalized spacial score (nSPS) is 16.4. The second kappa shape index (κ2) is 9.20. The average Bonchev–Trinajstić information content (AvgIpc) is 3.25. The van der Waals surface area contributed by atoms with E-state index in [1.54, 1.807) is 6.07 Å². The first-order valence-corrected chi connectivity index (χ1v) is 13.7. The minimum Gasteiger partial charge on any atom is -0.454 e. The van der Waals surface area contributed by atoms with Gasteiger partial charge in [0.05, 0.1) is 16.8 Å². The lowest BCUT2D eigenvalue weighted by molar-refractivity contribution is -0.114. The van der Waals surface area contributed by atoms with Gasteiger partial charge in [-0.1, -0.05) is 6.42 Å². The van der Waals surface area contributed by atoms with E-state index in [9.17, 15) is 21.6 Å². The molecule has 0 spiro atoms. The second-order valence-electron chi connectivity index (χ2n) is 7.84. The Morgan fingerprint density at radius 1 is 0.970 bits per heavy atom. The van der Waals surface area contributed by atoms with Crippen LogP contribution in [0.4, 0.5) is 11.4 Å². The second-order valence-corrected chi connectivity index (χ2v) is 11.7. The average molecular weight is 496 g/mol. The highest BCUT2D eigenvalue weighted by molar-refractivity contribution is 7.92. The van der Waals surface area contributed by atoms with Crippen molar-refractivity contribution in [2.45, 2.75) is 24.2 Å². The summed E-state index contributed by atoms with van der Waals surface area (Å²) in [6, 6.07) is 10.5. The molecule has 0 radical (unpaired) electrons. The van der Waals surface area contributed by atoms with Crippen molar-refractivity contribution >= 4 is 37.3 Å². The summed E-state index contributed by atoms with van der Waals surface area (Å²) in [5, 5.41) is 2.62. The molecule has 1 saturated heterocycles. The molecular weight excluding hydrogens is 470 g/mol. The van der Waals surface area contributed by atoms with Gasteiger partial charge in [0.15, 0.2) is 11.5 Å². The minimum absolute atomic E-state index is 0.0433. The van der Waals surface area contributed by atoms with Crippen LogP contribution in [0.25, 0.3) is 0 Å². The molecule has 0 unspecified atom stereocenters. The van der Waals surface area contributed by atoms with Gasteiger partial charge in [-0.2, -0.15) is 4.31 Å². The number of carbonyl (C=O) groups is 1. The van der Waals surface area contributed by atoms with Gasteiger partial charge in [-0.05, 0) is 49.2 Å². The molecule has 2 heterocycles. The molecule has 33 heavy (non-hydrogen) atoms. The van der Waals surface area contributed by atoms with E-state index in [2.05, 4.69) is 5.32 Å². The predicted molar refractivity (Wildman–Crippen MR) is 122 cm³/mol. The van der Waals surface area contributed by atoms with Crippen LogP contribution in [0.5, 0.6) is 11.5 Å². The van der Waals surface area contributed by atoms with Gasteiger partial charge in [-0.15, -0.1) is 0 Å². The number of anilines is 2. The Labute approximate surface area is 193 Å². The van der Waals surface area contributed by atoms with Crippen LogP contribution in [0.1, 0.15) is 19.3 Å². The van der Waals surface area contributed by atoms with E-state index in [0.717, 1.165) is 29.8 Å². The lowest BCUT2D eigenvalue weighted by Gasteiger charge is -2.26. The molecule has 178 valence electrons. The van der Waals surface area contributed by atoms with E-state index >= 15 is 0 Å². The number of rotatable bonds is 7. The Morgan fingerprint density at radius 3 is 2.30 bits per heavy atom. The number of ether oxygens (including phenoxy) is 2. The number of nitrogens with zero attached hydrogens (tertiary/aromatic N) is 2. The molecule has 1 N–H and O–H groups in total. The molecule has 1 amide bonds. The van der Waals surface area contributed by atoms with E-state index in [-0.39, 0.29) is 17.4 Å². The number of hydrogen-bond acceptors (Lipinski definition) is 7. The van der Waals surface area contributed by atoms with E-state index in [1.165, 1.54) is 40.7 Å². The van der Waals surface area contributed by atoms with Crippen LogP contribution in [-0.2, 0) is 24.8 Å². The van der Waals surface area contributed by atoms with Crippen LogP contribution >= 0.6 is 0 Å². The SMILES string of the molecule is CS(=O)(=O)N(CC(=O)Nc1ccc(S(=O)(=O)N2CCCCC2)cc1)c1ccc2c(c1)OCO2. The van der Waals surface area contributed by atoms with Crippen LogP contribution in [0.15, 0.2) is 47.4 Å². The summed E-state index contributed by atoms with van der Waals surface area (Å²) in [4.78, 5) is 12.8. The summed E-state index contributed by atoms with van der Waals surface area (Å²) >= 11 is 0. The summed E-state index contributed by atoms with van der Waals surface area (Å²) in [5.74, 6) is 0.313. The molecule has 0 atom stereocenters. The zero-order chi connectivity index (χ0) is 23.6. The highest BCUT2D eigenvalue weighted by Crippen LogP contribution is 2.36. The number of fused-ring (bicyclic) bond motifs is 1. The minimum atomic E-state index is -3.77. The van der Waals surface area contributed by atoms with Gasteiger partial charge in [0.1, 0.15) is 6.54 Å². The number of piperidine rings is 1. The highest BCUT2D eigenvalue weighted by Gasteiger charge is 2.26. The molecule has 0 aliphatic carbocycles. The summed E-state index contributed by atoms with van der Waals surface area (Å²) in [6.07, 6.45) is 3.71. The number of carbonyl (C=O) groups excluding carboxylic acids is 1. The van der Waals surface area contributed by atoms with Gasteiger partial charge >= 0.3 is 0 Å². The fraction of sp³-hybridized carbons (Fsp3) is 0.381. The molecule has 2 aromatic rings. The van der Waals surface area contributed by atoms with Crippen molar-refractivity contribution in [2.75, 3.05) is 42.3 Å². The first-order valence-electron chi connectivity index (χ1n) is 10.4. The van der Waals surface area contributed by atoms with Crippen molar-refractivity contribution in [2.24, 2.45) is 0 Å². The maximum Gasteiger partial charge on any atom is 0.245 e. The molecule has 4 rings (SSSR count). The molecule has 2 aromatic carbocycles. The largest absolute Gasteiger partial charge is 0.454 e. The van der Waals surface area contributed by atoms with E-state index in [0.29, 0.717) is 30.3 Å². The van der Waals surface area contributed by atoms with Gasteiger partial charge in [0.2, 0.25) is 32.7 Å². The Kier molecular flexibility index (Phi) is 6.50. The molecular formula is C21H25N3O7S2. The van der Waals surface area contributed by atoms with E-state index < -0.39 is 32.5 Å². The Morgan fingerprint density at radius 2 is 1.64 bits per heavy atom. The van der Waals surface area contributed by atoms with Crippen molar-refractivity contribution in [3.63, 3.8) is 0 Å². The molecule has 0 bridgehead atoms. The molecule has 10 nitrogen and oxygen atoms in total. The predicted octanol–water partition coefficient (Wildman–Crippen LogP) is 1.99. The first-order chi connectivity index (χ1) is 15.6. The number of benzene rings is 2. The number of sulfonamides is 2. The van der Waals surface area contributed by atoms with Crippen molar-refractivity contribution in [3.8, 4) is 11.5 Å². The van der Waals surface area contributed by atoms with E-state index in [1.807, 2.05) is 0 Å². The van der Waals surface area contributed by atoms with Gasteiger partial charge < -0.3 is 14.8 Å². The Balaban J connectivity index is 1.46. The number of nitrogens with one attached hydrogen (secondary N) is 1. The van der Waals surface area contributed by atoms with Gasteiger partial charge in [0, 0.05) is 24.8 Å².